The third-order valence-electron chi connectivity index (χ3n) is 4.22. The van der Waals surface area contributed by atoms with Crippen LogP contribution < -0.4 is 15.4 Å². The molecule has 1 heterocycles. The van der Waals surface area contributed by atoms with Gasteiger partial charge in [-0.05, 0) is 42.7 Å². The lowest BCUT2D eigenvalue weighted by Gasteiger charge is -2.12. The Balaban J connectivity index is 1.46. The van der Waals surface area contributed by atoms with Gasteiger partial charge in [0.2, 0.25) is 10.0 Å². The number of aromatic nitrogens is 1. The van der Waals surface area contributed by atoms with Crippen molar-refractivity contribution in [2.45, 2.75) is 36.7 Å². The number of hydrogen-bond acceptors (Lipinski definition) is 4. The quantitative estimate of drug-likeness (QED) is 0.470. The van der Waals surface area contributed by atoms with E-state index in [1.165, 1.54) is 0 Å². The summed E-state index contributed by atoms with van der Waals surface area (Å²) in [7, 11) is -1.68. The Hall–Kier alpha value is -2.45. The highest BCUT2D eigenvalue weighted by molar-refractivity contribution is 7.89. The molecule has 0 saturated heterocycles. The number of nitrogens with zero attached hydrogens (tertiary/aromatic N) is 2. The maximum Gasteiger partial charge on any atom is 0.240 e. The summed E-state index contributed by atoms with van der Waals surface area (Å²) in [6.45, 7) is 1.28. The van der Waals surface area contributed by atoms with Crippen LogP contribution in [0.2, 0.25) is 0 Å². The molecule has 1 aromatic heterocycles. The molecule has 0 aliphatic heterocycles. The van der Waals surface area contributed by atoms with E-state index in [0.29, 0.717) is 17.4 Å². The highest BCUT2D eigenvalue weighted by Crippen LogP contribution is 2.22. The zero-order valence-electron chi connectivity index (χ0n) is 15.4. The van der Waals surface area contributed by atoms with E-state index in [9.17, 15) is 8.42 Å². The van der Waals surface area contributed by atoms with Crippen molar-refractivity contribution in [1.29, 1.82) is 0 Å². The highest BCUT2D eigenvalue weighted by atomic mass is 32.2. The predicted octanol–water partition coefficient (Wildman–Crippen LogP) is 1.43. The number of benzene rings is 1. The first kappa shape index (κ1) is 19.3. The number of nitrogens with one attached hydrogen (secondary N) is 3. The molecule has 27 heavy (non-hydrogen) atoms. The van der Waals surface area contributed by atoms with E-state index in [2.05, 4.69) is 25.3 Å². The molecule has 0 bridgehead atoms. The molecule has 0 atom stereocenters. The molecule has 8 heteroatoms. The van der Waals surface area contributed by atoms with Crippen LogP contribution in [0.15, 0.2) is 58.5 Å². The molecule has 1 saturated carbocycles. The van der Waals surface area contributed by atoms with Gasteiger partial charge in [-0.2, -0.15) is 0 Å². The minimum absolute atomic E-state index is 0.108. The number of rotatable bonds is 8. The smallest absolute Gasteiger partial charge is 0.240 e. The SMILES string of the molecule is CN=C(NCCc1ccccn1)NCc1ccc(S(=O)(=O)NC2CC2)cc1. The van der Waals surface area contributed by atoms with E-state index in [4.69, 9.17) is 0 Å². The summed E-state index contributed by atoms with van der Waals surface area (Å²) in [4.78, 5) is 8.79. The zero-order chi connectivity index (χ0) is 19.1. The summed E-state index contributed by atoms with van der Waals surface area (Å²) in [5.74, 6) is 0.693. The maximum atomic E-state index is 12.2. The van der Waals surface area contributed by atoms with Crippen molar-refractivity contribution in [2.24, 2.45) is 4.99 Å². The van der Waals surface area contributed by atoms with Crippen molar-refractivity contribution < 1.29 is 8.42 Å². The Morgan fingerprint density at radius 2 is 1.93 bits per heavy atom. The Morgan fingerprint density at radius 3 is 2.56 bits per heavy atom. The lowest BCUT2D eigenvalue weighted by atomic mass is 10.2. The van der Waals surface area contributed by atoms with Gasteiger partial charge in [0.25, 0.3) is 0 Å². The fourth-order valence-electron chi connectivity index (χ4n) is 2.54. The van der Waals surface area contributed by atoms with Crippen LogP contribution in [0.3, 0.4) is 0 Å². The second kappa shape index (κ2) is 8.96. The molecule has 1 aromatic carbocycles. The fraction of sp³-hybridized carbons (Fsp3) is 0.368. The molecular formula is C19H25N5O2S. The molecule has 7 nitrogen and oxygen atoms in total. The van der Waals surface area contributed by atoms with Crippen LogP contribution >= 0.6 is 0 Å². The first-order chi connectivity index (χ1) is 13.1. The van der Waals surface area contributed by atoms with E-state index < -0.39 is 10.0 Å². The minimum Gasteiger partial charge on any atom is -0.356 e. The Kier molecular flexibility index (Phi) is 6.41. The molecule has 3 N–H and O–H groups in total. The summed E-state index contributed by atoms with van der Waals surface area (Å²) in [6, 6.07) is 12.9. The average molecular weight is 388 g/mol. The van der Waals surface area contributed by atoms with Gasteiger partial charge in [-0.1, -0.05) is 18.2 Å². The lowest BCUT2D eigenvalue weighted by molar-refractivity contribution is 0.581. The van der Waals surface area contributed by atoms with E-state index >= 15 is 0 Å². The van der Waals surface area contributed by atoms with Gasteiger partial charge in [0.15, 0.2) is 5.96 Å². The van der Waals surface area contributed by atoms with Crippen molar-refractivity contribution in [3.63, 3.8) is 0 Å². The molecule has 0 unspecified atom stereocenters. The maximum absolute atomic E-state index is 12.2. The van der Waals surface area contributed by atoms with Crippen molar-refractivity contribution in [3.8, 4) is 0 Å². The van der Waals surface area contributed by atoms with Gasteiger partial charge in [0.1, 0.15) is 0 Å². The fourth-order valence-corrected chi connectivity index (χ4v) is 3.84. The van der Waals surface area contributed by atoms with Crippen LogP contribution in [0, 0.1) is 0 Å². The van der Waals surface area contributed by atoms with Gasteiger partial charge < -0.3 is 10.6 Å². The first-order valence-corrected chi connectivity index (χ1v) is 10.5. The lowest BCUT2D eigenvalue weighted by Crippen LogP contribution is -2.37. The molecule has 0 radical (unpaired) electrons. The van der Waals surface area contributed by atoms with Crippen molar-refractivity contribution in [3.05, 3.63) is 59.9 Å². The highest BCUT2D eigenvalue weighted by Gasteiger charge is 2.27. The average Bonchev–Trinajstić information content (AvgIpc) is 3.49. The van der Waals surface area contributed by atoms with Crippen LogP contribution in [-0.2, 0) is 23.0 Å². The summed E-state index contributed by atoms with van der Waals surface area (Å²) >= 11 is 0. The van der Waals surface area contributed by atoms with Crippen LogP contribution in [-0.4, -0.2) is 39.0 Å². The normalized spacial score (nSPS) is 14.8. The Labute approximate surface area is 160 Å². The van der Waals surface area contributed by atoms with Gasteiger partial charge in [-0.3, -0.25) is 9.98 Å². The van der Waals surface area contributed by atoms with Crippen molar-refractivity contribution >= 4 is 16.0 Å². The first-order valence-electron chi connectivity index (χ1n) is 9.02. The Bertz CT molecular complexity index is 863. The van der Waals surface area contributed by atoms with E-state index in [1.54, 1.807) is 25.4 Å². The third kappa shape index (κ3) is 6.04. The summed E-state index contributed by atoms with van der Waals surface area (Å²) in [5, 5.41) is 6.47. The second-order valence-electron chi connectivity index (χ2n) is 6.46. The van der Waals surface area contributed by atoms with Gasteiger partial charge in [0.05, 0.1) is 4.90 Å². The molecule has 1 aliphatic carbocycles. The number of pyridine rings is 1. The third-order valence-corrected chi connectivity index (χ3v) is 5.75. The summed E-state index contributed by atoms with van der Waals surface area (Å²) < 4.78 is 27.0. The standard InChI is InChI=1S/C19H25N5O2S/c1-20-19(22-13-11-16-4-2-3-12-21-16)23-14-15-5-9-18(10-6-15)27(25,26)24-17-7-8-17/h2-6,9-10,12,17,24H,7-8,11,13-14H2,1H3,(H2,20,22,23). The minimum atomic E-state index is -3.40. The Morgan fingerprint density at radius 1 is 1.15 bits per heavy atom. The molecular weight excluding hydrogens is 362 g/mol. The molecule has 144 valence electrons. The van der Waals surface area contributed by atoms with Gasteiger partial charge in [-0.15, -0.1) is 0 Å². The number of hydrogen-bond donors (Lipinski definition) is 3. The summed E-state index contributed by atoms with van der Waals surface area (Å²) in [5.41, 5.74) is 2.00. The monoisotopic (exact) mass is 387 g/mol. The molecule has 0 spiro atoms. The topological polar surface area (TPSA) is 95.5 Å². The molecule has 2 aromatic rings. The van der Waals surface area contributed by atoms with Crippen molar-refractivity contribution in [2.75, 3.05) is 13.6 Å². The number of sulfonamides is 1. The van der Waals surface area contributed by atoms with E-state index in [1.807, 2.05) is 30.3 Å². The number of guanidine groups is 1. The zero-order valence-corrected chi connectivity index (χ0v) is 16.2. The van der Waals surface area contributed by atoms with E-state index in [-0.39, 0.29) is 6.04 Å². The predicted molar refractivity (Wildman–Crippen MR) is 106 cm³/mol. The van der Waals surface area contributed by atoms with Gasteiger partial charge in [0, 0.05) is 44.5 Å². The van der Waals surface area contributed by atoms with Gasteiger partial charge in [-0.25, -0.2) is 13.1 Å². The molecule has 0 amide bonds. The molecule has 3 rings (SSSR count). The second-order valence-corrected chi connectivity index (χ2v) is 8.18. The van der Waals surface area contributed by atoms with Crippen LogP contribution in [0.25, 0.3) is 0 Å². The van der Waals surface area contributed by atoms with Gasteiger partial charge >= 0.3 is 0 Å². The van der Waals surface area contributed by atoms with Crippen LogP contribution in [0.5, 0.6) is 0 Å². The molecule has 1 fully saturated rings. The number of aliphatic imine (C=N–C) groups is 1. The molecule has 1 aliphatic rings. The van der Waals surface area contributed by atoms with E-state index in [0.717, 1.165) is 37.1 Å². The van der Waals surface area contributed by atoms with Crippen LogP contribution in [0.1, 0.15) is 24.1 Å². The van der Waals surface area contributed by atoms with Crippen LogP contribution in [0.4, 0.5) is 0 Å². The van der Waals surface area contributed by atoms with Crippen molar-refractivity contribution in [1.82, 2.24) is 20.3 Å². The largest absolute Gasteiger partial charge is 0.356 e. The summed E-state index contributed by atoms with van der Waals surface area (Å²) in [6.07, 6.45) is 4.44.